The van der Waals surface area contributed by atoms with Crippen LogP contribution in [0.5, 0.6) is 0 Å². The first-order valence-corrected chi connectivity index (χ1v) is 10.5. The second-order valence-corrected chi connectivity index (χ2v) is 8.69. The summed E-state index contributed by atoms with van der Waals surface area (Å²) in [5.41, 5.74) is 3.38. The van der Waals surface area contributed by atoms with E-state index in [9.17, 15) is 9.59 Å². The summed E-state index contributed by atoms with van der Waals surface area (Å²) in [7, 11) is 0. The molecule has 0 aliphatic rings. The minimum atomic E-state index is -0.681. The van der Waals surface area contributed by atoms with Crippen LogP contribution in [-0.4, -0.2) is 17.9 Å². The molecule has 2 N–H and O–H groups in total. The number of hydrogen-bond acceptors (Lipinski definition) is 2. The molecule has 0 aromatic heterocycles. The van der Waals surface area contributed by atoms with Gasteiger partial charge in [0.15, 0.2) is 0 Å². The van der Waals surface area contributed by atoms with Gasteiger partial charge < -0.3 is 10.6 Å². The van der Waals surface area contributed by atoms with Gasteiger partial charge in [0.05, 0.1) is 10.6 Å². The topological polar surface area (TPSA) is 58.2 Å². The number of amides is 2. The van der Waals surface area contributed by atoms with Crippen LogP contribution >= 0.6 is 11.6 Å². The van der Waals surface area contributed by atoms with E-state index in [-0.39, 0.29) is 29.6 Å². The minimum absolute atomic E-state index is 0.0878. The van der Waals surface area contributed by atoms with Crippen LogP contribution in [-0.2, 0) is 4.79 Å². The van der Waals surface area contributed by atoms with Crippen molar-refractivity contribution in [3.8, 4) is 0 Å². The highest BCUT2D eigenvalue weighted by Crippen LogP contribution is 2.32. The Balaban J connectivity index is 2.32. The molecule has 0 aliphatic heterocycles. The van der Waals surface area contributed by atoms with Crippen molar-refractivity contribution < 1.29 is 9.59 Å². The van der Waals surface area contributed by atoms with E-state index < -0.39 is 6.04 Å². The number of hydrogen-bond donors (Lipinski definition) is 2. The van der Waals surface area contributed by atoms with Gasteiger partial charge >= 0.3 is 0 Å². The van der Waals surface area contributed by atoms with E-state index in [2.05, 4.69) is 38.3 Å². The lowest BCUT2D eigenvalue weighted by molar-refractivity contribution is -0.118. The normalized spacial score (nSPS) is 12.3. The number of nitrogens with one attached hydrogen (secondary N) is 2. The molecular formula is C24H31ClN2O2. The molecule has 2 aromatic carbocycles. The Morgan fingerprint density at radius 2 is 1.38 bits per heavy atom. The largest absolute Gasteiger partial charge is 0.340 e. The molecule has 0 fully saturated rings. The third-order valence-corrected chi connectivity index (χ3v) is 5.30. The predicted octanol–water partition coefficient (Wildman–Crippen LogP) is 5.98. The van der Waals surface area contributed by atoms with Crippen LogP contribution < -0.4 is 10.6 Å². The quantitative estimate of drug-likeness (QED) is 0.585. The van der Waals surface area contributed by atoms with E-state index in [1.807, 2.05) is 32.0 Å². The molecule has 5 heteroatoms. The SMILES string of the molecule is CC(C)c1cccc(C(C)C)c1NC(=O)[C@@H](NC(=O)c1ccccc1Cl)C(C)C. The number of benzene rings is 2. The highest BCUT2D eigenvalue weighted by atomic mass is 35.5. The molecule has 29 heavy (non-hydrogen) atoms. The minimum Gasteiger partial charge on any atom is -0.340 e. The van der Waals surface area contributed by atoms with Crippen LogP contribution in [0.1, 0.15) is 74.9 Å². The Labute approximate surface area is 179 Å². The molecule has 0 saturated heterocycles. The summed E-state index contributed by atoms with van der Waals surface area (Å²) in [4.78, 5) is 25.9. The van der Waals surface area contributed by atoms with Crippen LogP contribution in [0.3, 0.4) is 0 Å². The maximum atomic E-state index is 13.2. The smallest absolute Gasteiger partial charge is 0.253 e. The third-order valence-electron chi connectivity index (χ3n) is 4.98. The molecule has 0 bridgehead atoms. The van der Waals surface area contributed by atoms with E-state index >= 15 is 0 Å². The highest BCUT2D eigenvalue weighted by Gasteiger charge is 2.27. The van der Waals surface area contributed by atoms with Gasteiger partial charge in [-0.15, -0.1) is 0 Å². The summed E-state index contributed by atoms with van der Waals surface area (Å²) in [6.07, 6.45) is 0. The molecule has 4 nitrogen and oxygen atoms in total. The van der Waals surface area contributed by atoms with Crippen molar-refractivity contribution in [1.29, 1.82) is 0 Å². The first-order valence-electron chi connectivity index (χ1n) is 10.1. The van der Waals surface area contributed by atoms with Gasteiger partial charge in [0, 0.05) is 5.69 Å². The van der Waals surface area contributed by atoms with Crippen LogP contribution in [0.2, 0.25) is 5.02 Å². The molecular weight excluding hydrogens is 384 g/mol. The van der Waals surface area contributed by atoms with E-state index in [0.717, 1.165) is 16.8 Å². The van der Waals surface area contributed by atoms with Crippen LogP contribution in [0.25, 0.3) is 0 Å². The lowest BCUT2D eigenvalue weighted by Crippen LogP contribution is -2.47. The zero-order valence-electron chi connectivity index (χ0n) is 18.0. The van der Waals surface area contributed by atoms with Gasteiger partial charge in [-0.1, -0.05) is 83.5 Å². The van der Waals surface area contributed by atoms with Crippen molar-refractivity contribution >= 4 is 29.1 Å². The Morgan fingerprint density at radius 1 is 0.828 bits per heavy atom. The van der Waals surface area contributed by atoms with Gasteiger partial charge in [0.2, 0.25) is 5.91 Å². The maximum absolute atomic E-state index is 13.2. The second-order valence-electron chi connectivity index (χ2n) is 8.29. The maximum Gasteiger partial charge on any atom is 0.253 e. The van der Waals surface area contributed by atoms with Gasteiger partial charge in [-0.2, -0.15) is 0 Å². The summed E-state index contributed by atoms with van der Waals surface area (Å²) in [5.74, 6) is -0.144. The van der Waals surface area contributed by atoms with Crippen molar-refractivity contribution in [3.05, 3.63) is 64.2 Å². The summed E-state index contributed by atoms with van der Waals surface area (Å²) in [5, 5.41) is 6.32. The van der Waals surface area contributed by atoms with Gasteiger partial charge in [0.1, 0.15) is 6.04 Å². The number of carbonyl (C=O) groups is 2. The Bertz CT molecular complexity index is 849. The van der Waals surface area contributed by atoms with Crippen molar-refractivity contribution in [1.82, 2.24) is 5.32 Å². The van der Waals surface area contributed by atoms with Crippen LogP contribution in [0.15, 0.2) is 42.5 Å². The van der Waals surface area contributed by atoms with E-state index in [1.54, 1.807) is 24.3 Å². The summed E-state index contributed by atoms with van der Waals surface area (Å²) in [6.45, 7) is 12.2. The lowest BCUT2D eigenvalue weighted by atomic mass is 9.92. The first-order chi connectivity index (χ1) is 13.6. The van der Waals surface area contributed by atoms with E-state index in [1.165, 1.54) is 0 Å². The molecule has 0 spiro atoms. The monoisotopic (exact) mass is 414 g/mol. The number of rotatable bonds is 7. The lowest BCUT2D eigenvalue weighted by Gasteiger charge is -2.25. The highest BCUT2D eigenvalue weighted by molar-refractivity contribution is 6.33. The molecule has 0 saturated carbocycles. The molecule has 2 rings (SSSR count). The zero-order chi connectivity index (χ0) is 21.7. The average Bonchev–Trinajstić information content (AvgIpc) is 2.65. The fraction of sp³-hybridized carbons (Fsp3) is 0.417. The van der Waals surface area contributed by atoms with Gasteiger partial charge in [-0.25, -0.2) is 0 Å². The Morgan fingerprint density at radius 3 is 1.86 bits per heavy atom. The number of anilines is 1. The van der Waals surface area contributed by atoms with Gasteiger partial charge in [0.25, 0.3) is 5.91 Å². The molecule has 0 unspecified atom stereocenters. The molecule has 0 aliphatic carbocycles. The molecule has 1 atom stereocenters. The number of halogens is 1. The fourth-order valence-electron chi connectivity index (χ4n) is 3.30. The van der Waals surface area contributed by atoms with Gasteiger partial charge in [-0.3, -0.25) is 9.59 Å². The van der Waals surface area contributed by atoms with E-state index in [0.29, 0.717) is 10.6 Å². The fourth-order valence-corrected chi connectivity index (χ4v) is 3.52. The van der Waals surface area contributed by atoms with Gasteiger partial charge in [-0.05, 0) is 41.0 Å². The van der Waals surface area contributed by atoms with Crippen molar-refractivity contribution in [2.24, 2.45) is 5.92 Å². The Hall–Kier alpha value is -2.33. The molecule has 0 heterocycles. The average molecular weight is 415 g/mol. The van der Waals surface area contributed by atoms with Crippen LogP contribution in [0, 0.1) is 5.92 Å². The molecule has 2 amide bonds. The van der Waals surface area contributed by atoms with Crippen LogP contribution in [0.4, 0.5) is 5.69 Å². The number of para-hydroxylation sites is 1. The third kappa shape index (κ3) is 5.60. The summed E-state index contributed by atoms with van der Waals surface area (Å²) < 4.78 is 0. The first kappa shape index (κ1) is 23.0. The molecule has 156 valence electrons. The number of carbonyl (C=O) groups excluding carboxylic acids is 2. The second kappa shape index (κ2) is 9.93. The zero-order valence-corrected chi connectivity index (χ0v) is 18.8. The summed E-state index contributed by atoms with van der Waals surface area (Å²) in [6, 6.07) is 12.3. The van der Waals surface area contributed by atoms with Crippen molar-refractivity contribution in [2.75, 3.05) is 5.32 Å². The van der Waals surface area contributed by atoms with Crippen molar-refractivity contribution in [2.45, 2.75) is 59.4 Å². The standard InChI is InChI=1S/C24H31ClN2O2/c1-14(2)17-11-9-12-18(15(3)4)22(17)27-24(29)21(16(5)6)26-23(28)19-10-7-8-13-20(19)25/h7-16,21H,1-6H3,(H,26,28)(H,27,29)/t21-/m0/s1. The van der Waals surface area contributed by atoms with Crippen molar-refractivity contribution in [3.63, 3.8) is 0 Å². The Kier molecular flexibility index (Phi) is 7.86. The molecule has 0 radical (unpaired) electrons. The molecule has 2 aromatic rings. The summed E-state index contributed by atoms with van der Waals surface area (Å²) >= 11 is 6.14. The predicted molar refractivity (Wildman–Crippen MR) is 121 cm³/mol. The van der Waals surface area contributed by atoms with E-state index in [4.69, 9.17) is 11.6 Å².